The lowest BCUT2D eigenvalue weighted by molar-refractivity contribution is -0.121. The summed E-state index contributed by atoms with van der Waals surface area (Å²) in [6, 6.07) is 21.0. The van der Waals surface area contributed by atoms with E-state index in [-0.39, 0.29) is 23.5 Å². The Balaban J connectivity index is 1.21. The third-order valence-corrected chi connectivity index (χ3v) is 6.04. The zero-order valence-corrected chi connectivity index (χ0v) is 17.9. The van der Waals surface area contributed by atoms with Gasteiger partial charge in [-0.15, -0.1) is 0 Å². The Hall–Kier alpha value is -4.00. The van der Waals surface area contributed by atoms with Crippen molar-refractivity contribution in [3.8, 4) is 11.4 Å². The molecule has 2 N–H and O–H groups in total. The topological polar surface area (TPSA) is 78.1 Å². The summed E-state index contributed by atoms with van der Waals surface area (Å²) in [5.41, 5.74) is 3.92. The van der Waals surface area contributed by atoms with Gasteiger partial charge in [0, 0.05) is 35.8 Å². The highest BCUT2D eigenvalue weighted by Crippen LogP contribution is 2.25. The molecule has 0 bridgehead atoms. The van der Waals surface area contributed by atoms with Crippen molar-refractivity contribution >= 4 is 28.5 Å². The number of fused-ring (bicyclic) bond motifs is 1. The van der Waals surface area contributed by atoms with Crippen molar-refractivity contribution in [2.75, 3.05) is 18.4 Å². The van der Waals surface area contributed by atoms with E-state index < -0.39 is 0 Å². The van der Waals surface area contributed by atoms with Crippen molar-refractivity contribution in [3.05, 3.63) is 84.2 Å². The summed E-state index contributed by atoms with van der Waals surface area (Å²) in [6.07, 6.45) is 1.17. The summed E-state index contributed by atoms with van der Waals surface area (Å²) in [7, 11) is 0. The van der Waals surface area contributed by atoms with Gasteiger partial charge in [0.15, 0.2) is 0 Å². The third kappa shape index (κ3) is 4.48. The molecule has 3 aromatic carbocycles. The molecule has 0 aliphatic carbocycles. The summed E-state index contributed by atoms with van der Waals surface area (Å²) in [6.45, 7) is 0.987. The lowest BCUT2D eigenvalue weighted by Gasteiger charge is -2.31. The van der Waals surface area contributed by atoms with Crippen LogP contribution in [0, 0.1) is 11.7 Å². The number of hydrogen-bond donors (Lipinski definition) is 2. The third-order valence-electron chi connectivity index (χ3n) is 6.04. The molecule has 33 heavy (non-hydrogen) atoms. The molecule has 166 valence electrons. The second kappa shape index (κ2) is 8.86. The van der Waals surface area contributed by atoms with E-state index in [9.17, 15) is 14.0 Å². The second-order valence-electron chi connectivity index (χ2n) is 8.25. The number of carbonyl (C=O) groups is 2. The van der Waals surface area contributed by atoms with Gasteiger partial charge in [0.1, 0.15) is 11.6 Å². The predicted molar refractivity (Wildman–Crippen MR) is 125 cm³/mol. The van der Waals surface area contributed by atoms with Gasteiger partial charge in [0.25, 0.3) is 5.91 Å². The van der Waals surface area contributed by atoms with Gasteiger partial charge < -0.3 is 15.2 Å². The van der Waals surface area contributed by atoms with Crippen molar-refractivity contribution in [3.63, 3.8) is 0 Å². The average molecular weight is 442 g/mol. The van der Waals surface area contributed by atoms with Crippen LogP contribution >= 0.6 is 0 Å². The van der Waals surface area contributed by atoms with Gasteiger partial charge >= 0.3 is 0 Å². The molecule has 1 aliphatic rings. The van der Waals surface area contributed by atoms with Gasteiger partial charge in [-0.1, -0.05) is 24.3 Å². The van der Waals surface area contributed by atoms with E-state index in [1.165, 1.54) is 24.3 Å². The van der Waals surface area contributed by atoms with Crippen LogP contribution in [0.4, 0.5) is 10.1 Å². The molecule has 1 saturated heterocycles. The first-order valence-electron chi connectivity index (χ1n) is 11.0. The molecule has 6 nitrogen and oxygen atoms in total. The number of anilines is 1. The molecule has 1 aliphatic heterocycles. The number of rotatable bonds is 4. The number of piperidine rings is 1. The van der Waals surface area contributed by atoms with Crippen LogP contribution in [-0.4, -0.2) is 39.8 Å². The van der Waals surface area contributed by atoms with Crippen LogP contribution in [0.5, 0.6) is 0 Å². The average Bonchev–Trinajstić information content (AvgIpc) is 3.29. The Morgan fingerprint density at radius 3 is 2.48 bits per heavy atom. The fourth-order valence-electron chi connectivity index (χ4n) is 4.20. The molecule has 2 heterocycles. The molecular formula is C26H23FN4O2. The highest BCUT2D eigenvalue weighted by atomic mass is 19.1. The van der Waals surface area contributed by atoms with Crippen LogP contribution in [0.2, 0.25) is 0 Å². The standard InChI is InChI=1S/C26H23FN4O2/c27-20-10-8-18(9-11-20)26(33)31-14-12-17(13-15-31)25(32)28-21-5-3-4-19(16-21)24-29-22-6-1-2-7-23(22)30-24/h1-11,16-17H,12-15H2,(H,28,32)(H,29,30). The van der Waals surface area contributed by atoms with Crippen LogP contribution in [0.1, 0.15) is 23.2 Å². The normalized spacial score (nSPS) is 14.4. The Labute approximate surface area is 190 Å². The lowest BCUT2D eigenvalue weighted by Crippen LogP contribution is -2.41. The number of aromatic amines is 1. The minimum Gasteiger partial charge on any atom is -0.339 e. The maximum atomic E-state index is 13.1. The zero-order chi connectivity index (χ0) is 22.8. The van der Waals surface area contributed by atoms with E-state index in [4.69, 9.17) is 0 Å². The van der Waals surface area contributed by atoms with Gasteiger partial charge in [-0.3, -0.25) is 9.59 Å². The fraction of sp³-hybridized carbons (Fsp3) is 0.192. The van der Waals surface area contributed by atoms with E-state index in [1.807, 2.05) is 48.5 Å². The van der Waals surface area contributed by atoms with E-state index in [2.05, 4.69) is 15.3 Å². The Bertz CT molecular complexity index is 1270. The van der Waals surface area contributed by atoms with E-state index in [0.29, 0.717) is 37.2 Å². The molecule has 0 saturated carbocycles. The highest BCUT2D eigenvalue weighted by Gasteiger charge is 2.28. The van der Waals surface area contributed by atoms with Gasteiger partial charge in [-0.2, -0.15) is 0 Å². The van der Waals surface area contributed by atoms with Crippen molar-refractivity contribution in [2.45, 2.75) is 12.8 Å². The number of amides is 2. The van der Waals surface area contributed by atoms with Crippen molar-refractivity contribution in [1.29, 1.82) is 0 Å². The molecule has 0 unspecified atom stereocenters. The highest BCUT2D eigenvalue weighted by molar-refractivity contribution is 5.95. The number of nitrogens with one attached hydrogen (secondary N) is 2. The number of likely N-dealkylation sites (tertiary alicyclic amines) is 1. The van der Waals surface area contributed by atoms with Gasteiger partial charge in [-0.05, 0) is 61.4 Å². The molecular weight excluding hydrogens is 419 g/mol. The number of benzene rings is 3. The van der Waals surface area contributed by atoms with Crippen LogP contribution in [-0.2, 0) is 4.79 Å². The van der Waals surface area contributed by atoms with Crippen LogP contribution < -0.4 is 5.32 Å². The molecule has 0 radical (unpaired) electrons. The van der Waals surface area contributed by atoms with E-state index in [0.717, 1.165) is 22.4 Å². The first kappa shape index (κ1) is 20.9. The lowest BCUT2D eigenvalue weighted by atomic mass is 9.95. The number of hydrogen-bond acceptors (Lipinski definition) is 3. The Kier molecular flexibility index (Phi) is 5.60. The summed E-state index contributed by atoms with van der Waals surface area (Å²) >= 11 is 0. The van der Waals surface area contributed by atoms with E-state index in [1.54, 1.807) is 4.90 Å². The van der Waals surface area contributed by atoms with Crippen LogP contribution in [0.15, 0.2) is 72.8 Å². The minimum absolute atomic E-state index is 0.0503. The maximum Gasteiger partial charge on any atom is 0.253 e. The molecule has 0 spiro atoms. The quantitative estimate of drug-likeness (QED) is 0.474. The smallest absolute Gasteiger partial charge is 0.253 e. The Morgan fingerprint density at radius 1 is 0.970 bits per heavy atom. The molecule has 2 amide bonds. The second-order valence-corrected chi connectivity index (χ2v) is 8.25. The van der Waals surface area contributed by atoms with Crippen LogP contribution in [0.25, 0.3) is 22.4 Å². The molecule has 5 rings (SSSR count). The molecule has 1 fully saturated rings. The largest absolute Gasteiger partial charge is 0.339 e. The summed E-state index contributed by atoms with van der Waals surface area (Å²) in [4.78, 5) is 35.1. The number of nitrogens with zero attached hydrogens (tertiary/aromatic N) is 2. The monoisotopic (exact) mass is 442 g/mol. The van der Waals surface area contributed by atoms with Gasteiger partial charge in [-0.25, -0.2) is 9.37 Å². The summed E-state index contributed by atoms with van der Waals surface area (Å²) in [5.74, 6) is 0.0291. The molecule has 7 heteroatoms. The maximum absolute atomic E-state index is 13.1. The number of H-pyrrole nitrogens is 1. The molecule has 4 aromatic rings. The predicted octanol–water partition coefficient (Wildman–Crippen LogP) is 4.86. The minimum atomic E-state index is -0.369. The first-order valence-corrected chi connectivity index (χ1v) is 11.0. The first-order chi connectivity index (χ1) is 16.1. The molecule has 1 aromatic heterocycles. The fourth-order valence-corrected chi connectivity index (χ4v) is 4.20. The zero-order valence-electron chi connectivity index (χ0n) is 17.9. The number of carbonyl (C=O) groups excluding carboxylic acids is 2. The summed E-state index contributed by atoms with van der Waals surface area (Å²) < 4.78 is 13.1. The summed E-state index contributed by atoms with van der Waals surface area (Å²) in [5, 5.41) is 3.01. The van der Waals surface area contributed by atoms with Gasteiger partial charge in [0.05, 0.1) is 11.0 Å². The molecule has 0 atom stereocenters. The van der Waals surface area contributed by atoms with Crippen molar-refractivity contribution in [2.24, 2.45) is 5.92 Å². The van der Waals surface area contributed by atoms with Crippen molar-refractivity contribution in [1.82, 2.24) is 14.9 Å². The van der Waals surface area contributed by atoms with Gasteiger partial charge in [0.2, 0.25) is 5.91 Å². The van der Waals surface area contributed by atoms with Crippen LogP contribution in [0.3, 0.4) is 0 Å². The number of aromatic nitrogens is 2. The Morgan fingerprint density at radius 2 is 1.73 bits per heavy atom. The number of halogens is 1. The number of imidazole rings is 1. The van der Waals surface area contributed by atoms with E-state index >= 15 is 0 Å². The van der Waals surface area contributed by atoms with Crippen molar-refractivity contribution < 1.29 is 14.0 Å². The number of para-hydroxylation sites is 2. The SMILES string of the molecule is O=C(Nc1cccc(-c2nc3ccccc3[nH]2)c1)C1CCN(C(=O)c2ccc(F)cc2)CC1.